The largest absolute Gasteiger partial charge is 0.480 e. The minimum absolute atomic E-state index is 0.327. The van der Waals surface area contributed by atoms with E-state index in [1.54, 1.807) is 6.92 Å². The molecule has 0 aliphatic rings. The number of carboxylic acid groups (broad SMARTS) is 1. The Kier molecular flexibility index (Phi) is 7.42. The van der Waals surface area contributed by atoms with Crippen LogP contribution in [0.1, 0.15) is 31.7 Å². The first-order valence-corrected chi connectivity index (χ1v) is 6.98. The zero-order valence-corrected chi connectivity index (χ0v) is 12.3. The van der Waals surface area contributed by atoms with Crippen molar-refractivity contribution in [2.75, 3.05) is 6.54 Å². The van der Waals surface area contributed by atoms with Gasteiger partial charge < -0.3 is 10.8 Å². The summed E-state index contributed by atoms with van der Waals surface area (Å²) >= 11 is 0. The number of hydrogen-bond donors (Lipinski definition) is 3. The molecule has 0 aromatic heterocycles. The highest BCUT2D eigenvalue weighted by Crippen LogP contribution is 2.06. The van der Waals surface area contributed by atoms with Crippen LogP contribution in [0.2, 0.25) is 0 Å². The van der Waals surface area contributed by atoms with Crippen LogP contribution >= 0.6 is 0 Å². The number of nitrogens with zero attached hydrogens (tertiary/aromatic N) is 1. The average molecular weight is 293 g/mol. The molecule has 1 rings (SSSR count). The summed E-state index contributed by atoms with van der Waals surface area (Å²) in [4.78, 5) is 16.2. The van der Waals surface area contributed by atoms with E-state index in [9.17, 15) is 4.79 Å². The second kappa shape index (κ2) is 9.10. The van der Waals surface area contributed by atoms with Gasteiger partial charge in [0.05, 0.1) is 6.61 Å². The number of amidine groups is 1. The third-order valence-electron chi connectivity index (χ3n) is 3.05. The molecule has 21 heavy (non-hydrogen) atoms. The molecule has 0 spiro atoms. The standard InChI is InChI=1S/C15H23N3O3/c1-12(16)18(10-6-5-9-14(17)15(19)20)21-11-13-7-3-2-4-8-13/h2-4,7-8,14,16H,5-6,9-11,17H2,1H3,(H,19,20)/t14-/m0/s1. The van der Waals surface area contributed by atoms with Crippen LogP contribution in [0.25, 0.3) is 0 Å². The lowest BCUT2D eigenvalue weighted by Crippen LogP contribution is -2.31. The Morgan fingerprint density at radius 1 is 1.38 bits per heavy atom. The number of nitrogens with two attached hydrogens (primary N) is 1. The van der Waals surface area contributed by atoms with Gasteiger partial charge in [-0.15, -0.1) is 0 Å². The second-order valence-corrected chi connectivity index (χ2v) is 4.89. The number of nitrogens with one attached hydrogen (secondary N) is 1. The highest BCUT2D eigenvalue weighted by molar-refractivity contribution is 5.75. The van der Waals surface area contributed by atoms with Crippen molar-refractivity contribution < 1.29 is 14.7 Å². The maximum atomic E-state index is 10.6. The summed E-state index contributed by atoms with van der Waals surface area (Å²) in [6.07, 6.45) is 1.84. The molecule has 0 unspecified atom stereocenters. The number of carbonyl (C=O) groups is 1. The van der Waals surface area contributed by atoms with Crippen molar-refractivity contribution in [2.45, 2.75) is 38.8 Å². The highest BCUT2D eigenvalue weighted by atomic mass is 16.7. The second-order valence-electron chi connectivity index (χ2n) is 4.89. The van der Waals surface area contributed by atoms with Gasteiger partial charge in [0.1, 0.15) is 11.9 Å². The first-order chi connectivity index (χ1) is 10.0. The smallest absolute Gasteiger partial charge is 0.320 e. The van der Waals surface area contributed by atoms with E-state index in [2.05, 4.69) is 0 Å². The van der Waals surface area contributed by atoms with E-state index >= 15 is 0 Å². The van der Waals surface area contributed by atoms with Crippen molar-refractivity contribution in [1.82, 2.24) is 5.06 Å². The predicted octanol–water partition coefficient (Wildman–Crippen LogP) is 2.00. The summed E-state index contributed by atoms with van der Waals surface area (Å²) < 4.78 is 0. The molecule has 0 heterocycles. The Balaban J connectivity index is 2.30. The van der Waals surface area contributed by atoms with Crippen LogP contribution in [0.3, 0.4) is 0 Å². The van der Waals surface area contributed by atoms with Gasteiger partial charge in [0.2, 0.25) is 0 Å². The minimum Gasteiger partial charge on any atom is -0.480 e. The molecule has 0 aliphatic carbocycles. The van der Waals surface area contributed by atoms with E-state index < -0.39 is 12.0 Å². The maximum Gasteiger partial charge on any atom is 0.320 e. The quantitative estimate of drug-likeness (QED) is 0.280. The predicted molar refractivity (Wildman–Crippen MR) is 80.8 cm³/mol. The molecular formula is C15H23N3O3. The van der Waals surface area contributed by atoms with Crippen molar-refractivity contribution >= 4 is 11.8 Å². The van der Waals surface area contributed by atoms with E-state index in [1.165, 1.54) is 5.06 Å². The molecule has 0 saturated carbocycles. The molecule has 0 amide bonds. The SMILES string of the molecule is CC(=N)N(CCCC[C@H](N)C(=O)O)OCc1ccccc1. The first-order valence-electron chi connectivity index (χ1n) is 6.98. The molecule has 6 heteroatoms. The zero-order valence-electron chi connectivity index (χ0n) is 12.3. The third-order valence-corrected chi connectivity index (χ3v) is 3.05. The Morgan fingerprint density at radius 3 is 2.62 bits per heavy atom. The van der Waals surface area contributed by atoms with E-state index in [0.717, 1.165) is 12.0 Å². The molecule has 0 saturated heterocycles. The van der Waals surface area contributed by atoms with Gasteiger partial charge in [-0.05, 0) is 31.7 Å². The van der Waals surface area contributed by atoms with Gasteiger partial charge in [-0.25, -0.2) is 5.06 Å². The lowest BCUT2D eigenvalue weighted by atomic mass is 10.1. The van der Waals surface area contributed by atoms with Crippen molar-refractivity contribution in [3.8, 4) is 0 Å². The first kappa shape index (κ1) is 17.1. The molecule has 0 radical (unpaired) electrons. The Hall–Kier alpha value is -1.92. The summed E-state index contributed by atoms with van der Waals surface area (Å²) in [6.45, 7) is 2.62. The van der Waals surface area contributed by atoms with Gasteiger partial charge in [-0.1, -0.05) is 30.3 Å². The number of hydroxylamine groups is 2. The monoisotopic (exact) mass is 293 g/mol. The van der Waals surface area contributed by atoms with Crippen LogP contribution in [-0.4, -0.2) is 34.6 Å². The average Bonchev–Trinajstić information content (AvgIpc) is 2.46. The van der Waals surface area contributed by atoms with Gasteiger partial charge in [-0.3, -0.25) is 15.0 Å². The lowest BCUT2D eigenvalue weighted by Gasteiger charge is -2.22. The van der Waals surface area contributed by atoms with Gasteiger partial charge in [-0.2, -0.15) is 0 Å². The van der Waals surface area contributed by atoms with Crippen LogP contribution in [0.5, 0.6) is 0 Å². The Morgan fingerprint density at radius 2 is 2.05 bits per heavy atom. The number of unbranched alkanes of at least 4 members (excludes halogenated alkanes) is 1. The van der Waals surface area contributed by atoms with Gasteiger partial charge in [0, 0.05) is 6.54 Å². The van der Waals surface area contributed by atoms with E-state index in [4.69, 9.17) is 21.1 Å². The van der Waals surface area contributed by atoms with E-state index in [-0.39, 0.29) is 0 Å². The Labute approximate surface area is 125 Å². The molecule has 0 fully saturated rings. The number of rotatable bonds is 9. The fourth-order valence-electron chi connectivity index (χ4n) is 1.80. The molecule has 4 N–H and O–H groups in total. The Bertz CT molecular complexity index is 451. The molecule has 0 aliphatic heterocycles. The molecular weight excluding hydrogens is 270 g/mol. The summed E-state index contributed by atoms with van der Waals surface area (Å²) in [5.74, 6) is -0.649. The van der Waals surface area contributed by atoms with Crippen molar-refractivity contribution in [3.05, 3.63) is 35.9 Å². The molecule has 6 nitrogen and oxygen atoms in total. The number of carboxylic acids is 1. The van der Waals surface area contributed by atoms with Crippen LogP contribution < -0.4 is 5.73 Å². The number of aliphatic carboxylic acids is 1. The minimum atomic E-state index is -0.976. The zero-order chi connectivity index (χ0) is 15.7. The molecule has 1 atom stereocenters. The fraction of sp³-hybridized carbons (Fsp3) is 0.467. The maximum absolute atomic E-state index is 10.6. The fourth-order valence-corrected chi connectivity index (χ4v) is 1.80. The lowest BCUT2D eigenvalue weighted by molar-refractivity contribution is -0.138. The molecule has 1 aromatic carbocycles. The van der Waals surface area contributed by atoms with Crippen LogP contribution in [0.15, 0.2) is 30.3 Å². The number of benzene rings is 1. The van der Waals surface area contributed by atoms with Crippen molar-refractivity contribution in [3.63, 3.8) is 0 Å². The topological polar surface area (TPSA) is 99.6 Å². The van der Waals surface area contributed by atoms with Crippen molar-refractivity contribution in [1.29, 1.82) is 5.41 Å². The number of hydrogen-bond acceptors (Lipinski definition) is 4. The van der Waals surface area contributed by atoms with Gasteiger partial charge in [0.15, 0.2) is 0 Å². The van der Waals surface area contributed by atoms with Gasteiger partial charge >= 0.3 is 5.97 Å². The van der Waals surface area contributed by atoms with Crippen LogP contribution in [0.4, 0.5) is 0 Å². The van der Waals surface area contributed by atoms with Crippen molar-refractivity contribution in [2.24, 2.45) is 5.73 Å². The normalized spacial score (nSPS) is 11.9. The van der Waals surface area contributed by atoms with Crippen LogP contribution in [0, 0.1) is 5.41 Å². The summed E-state index contributed by atoms with van der Waals surface area (Å²) in [7, 11) is 0. The summed E-state index contributed by atoms with van der Waals surface area (Å²) in [5.41, 5.74) is 6.48. The molecule has 0 bridgehead atoms. The summed E-state index contributed by atoms with van der Waals surface area (Å²) in [6, 6.07) is 8.92. The molecule has 1 aromatic rings. The molecule has 116 valence electrons. The summed E-state index contributed by atoms with van der Waals surface area (Å²) in [5, 5.41) is 17.9. The van der Waals surface area contributed by atoms with E-state index in [0.29, 0.717) is 31.8 Å². The van der Waals surface area contributed by atoms with Gasteiger partial charge in [0.25, 0.3) is 0 Å². The van der Waals surface area contributed by atoms with Crippen LogP contribution in [-0.2, 0) is 16.2 Å². The highest BCUT2D eigenvalue weighted by Gasteiger charge is 2.11. The third kappa shape index (κ3) is 6.87. The van der Waals surface area contributed by atoms with E-state index in [1.807, 2.05) is 30.3 Å².